The predicted octanol–water partition coefficient (Wildman–Crippen LogP) is 2.12. The minimum Gasteiger partial charge on any atom is -0.457 e. The van der Waals surface area contributed by atoms with Gasteiger partial charge in [0.1, 0.15) is 12.3 Å². The van der Waals surface area contributed by atoms with Crippen molar-refractivity contribution in [3.8, 4) is 6.01 Å². The van der Waals surface area contributed by atoms with E-state index in [2.05, 4.69) is 16.9 Å². The van der Waals surface area contributed by atoms with Gasteiger partial charge in [0.05, 0.1) is 12.8 Å². The average molecular weight is 287 g/mol. The highest BCUT2D eigenvalue weighted by Crippen LogP contribution is 2.34. The first-order valence-electron chi connectivity index (χ1n) is 6.78. The average Bonchev–Trinajstić information content (AvgIpc) is 2.44. The Kier molecular flexibility index (Phi) is 5.05. The van der Waals surface area contributed by atoms with Gasteiger partial charge in [0.25, 0.3) is 0 Å². The van der Waals surface area contributed by atoms with Crippen molar-refractivity contribution in [3.05, 3.63) is 12.0 Å². The fourth-order valence-corrected chi connectivity index (χ4v) is 1.98. The van der Waals surface area contributed by atoms with Crippen LogP contribution < -0.4 is 10.5 Å². The van der Waals surface area contributed by atoms with Crippen molar-refractivity contribution in [1.82, 2.24) is 9.97 Å². The molecule has 1 aliphatic carbocycles. The molecule has 2 N–H and O–H groups in total. The molecule has 0 bridgehead atoms. The highest BCUT2D eigenvalue weighted by atomic mass is 19.1. The van der Waals surface area contributed by atoms with E-state index in [1.54, 1.807) is 0 Å². The Morgan fingerprint density at radius 1 is 1.50 bits per heavy atom. The summed E-state index contributed by atoms with van der Waals surface area (Å²) in [6.07, 6.45) is 1.75. The Morgan fingerprint density at radius 3 is 2.95 bits per heavy atom. The molecule has 0 saturated heterocycles. The molecule has 0 radical (unpaired) electrons. The number of alkyl halides is 1. The van der Waals surface area contributed by atoms with Gasteiger partial charge in [-0.25, -0.2) is 13.8 Å². The smallest absolute Gasteiger partial charge is 0.318 e. The minimum atomic E-state index is -1.12. The van der Waals surface area contributed by atoms with Gasteiger partial charge in [-0.2, -0.15) is 4.98 Å². The number of hydrogen-bond acceptors (Lipinski definition) is 5. The molecular formula is C13H19F2N3O2. The lowest BCUT2D eigenvalue weighted by atomic mass is 9.80. The largest absolute Gasteiger partial charge is 0.457 e. The summed E-state index contributed by atoms with van der Waals surface area (Å²) in [6, 6.07) is -0.0955. The lowest BCUT2D eigenvalue weighted by Gasteiger charge is -2.38. The fourth-order valence-electron chi connectivity index (χ4n) is 1.98. The molecule has 7 heteroatoms. The number of hydrogen-bond donors (Lipinski definition) is 1. The first-order chi connectivity index (χ1) is 9.61. The molecule has 1 heterocycles. The van der Waals surface area contributed by atoms with E-state index in [1.165, 1.54) is 0 Å². The zero-order valence-electron chi connectivity index (χ0n) is 11.4. The molecule has 0 aromatic carbocycles. The number of ether oxygens (including phenoxy) is 2. The topological polar surface area (TPSA) is 70.3 Å². The molecule has 20 heavy (non-hydrogen) atoms. The number of nitrogens with zero attached hydrogens (tertiary/aromatic N) is 2. The number of aromatic nitrogens is 2. The zero-order valence-corrected chi connectivity index (χ0v) is 11.4. The number of halogens is 2. The second-order valence-corrected chi connectivity index (χ2v) is 4.91. The molecule has 3 atom stereocenters. The van der Waals surface area contributed by atoms with Crippen LogP contribution in [0.15, 0.2) is 6.20 Å². The van der Waals surface area contributed by atoms with Gasteiger partial charge >= 0.3 is 6.01 Å². The van der Waals surface area contributed by atoms with Crippen molar-refractivity contribution in [2.45, 2.75) is 38.5 Å². The number of nitrogens with two attached hydrogens (primary N) is 1. The lowest BCUT2D eigenvalue weighted by molar-refractivity contribution is -0.0753. The van der Waals surface area contributed by atoms with Crippen LogP contribution in [0, 0.1) is 11.7 Å². The van der Waals surface area contributed by atoms with Crippen molar-refractivity contribution < 1.29 is 18.3 Å². The van der Waals surface area contributed by atoms with Crippen LogP contribution in [0.3, 0.4) is 0 Å². The number of anilines is 1. The Labute approximate surface area is 116 Å². The van der Waals surface area contributed by atoms with E-state index < -0.39 is 18.1 Å². The van der Waals surface area contributed by atoms with Gasteiger partial charge in [0, 0.05) is 12.5 Å². The van der Waals surface area contributed by atoms with Crippen LogP contribution in [0.4, 0.5) is 14.6 Å². The van der Waals surface area contributed by atoms with Gasteiger partial charge in [-0.15, -0.1) is 0 Å². The Bertz CT molecular complexity index is 448. The van der Waals surface area contributed by atoms with Gasteiger partial charge in [-0.3, -0.25) is 0 Å². The van der Waals surface area contributed by atoms with Gasteiger partial charge in [-0.1, -0.05) is 13.3 Å². The molecule has 1 aromatic rings. The standard InChI is InChI=1S/C13H19F2N3O2/c1-2-3-4-19-7-8-5-10(11(8)15)20-13-17-6-9(14)12(16)18-13/h6,8,10-11H,2-5,7H2,1H3,(H2,16,17,18)/t8-,10-,11?/m1/s1. The summed E-state index contributed by atoms with van der Waals surface area (Å²) >= 11 is 0. The monoisotopic (exact) mass is 287 g/mol. The van der Waals surface area contributed by atoms with Crippen LogP contribution >= 0.6 is 0 Å². The SMILES string of the molecule is CCCCOC[C@H]1C[C@@H](Oc2ncc(F)c(N)n2)C1F. The maximum atomic E-state index is 13.9. The minimum absolute atomic E-state index is 0.0955. The Morgan fingerprint density at radius 2 is 2.30 bits per heavy atom. The van der Waals surface area contributed by atoms with Crippen LogP contribution in [0.5, 0.6) is 6.01 Å². The van der Waals surface area contributed by atoms with Gasteiger partial charge < -0.3 is 15.2 Å². The summed E-state index contributed by atoms with van der Waals surface area (Å²) in [7, 11) is 0. The van der Waals surface area contributed by atoms with E-state index in [0.717, 1.165) is 19.0 Å². The van der Waals surface area contributed by atoms with E-state index >= 15 is 0 Å². The fraction of sp³-hybridized carbons (Fsp3) is 0.692. The molecule has 0 amide bonds. The molecule has 112 valence electrons. The van der Waals surface area contributed by atoms with Gasteiger partial charge in [-0.05, 0) is 12.8 Å². The van der Waals surface area contributed by atoms with E-state index in [4.69, 9.17) is 15.2 Å². The predicted molar refractivity (Wildman–Crippen MR) is 69.5 cm³/mol. The second-order valence-electron chi connectivity index (χ2n) is 4.91. The molecule has 1 saturated carbocycles. The van der Waals surface area contributed by atoms with Crippen molar-refractivity contribution >= 4 is 5.82 Å². The van der Waals surface area contributed by atoms with Crippen molar-refractivity contribution in [3.63, 3.8) is 0 Å². The number of unbranched alkanes of at least 4 members (excludes halogenated alkanes) is 1. The van der Waals surface area contributed by atoms with Crippen LogP contribution in [0.25, 0.3) is 0 Å². The summed E-state index contributed by atoms with van der Waals surface area (Å²) in [5, 5.41) is 0. The molecule has 0 aliphatic heterocycles. The molecule has 1 unspecified atom stereocenters. The maximum Gasteiger partial charge on any atom is 0.318 e. The quantitative estimate of drug-likeness (QED) is 0.778. The van der Waals surface area contributed by atoms with Gasteiger partial charge in [0.2, 0.25) is 0 Å². The summed E-state index contributed by atoms with van der Waals surface area (Å²) in [5.74, 6) is -1.18. The number of nitrogen functional groups attached to an aromatic ring is 1. The van der Waals surface area contributed by atoms with E-state index in [-0.39, 0.29) is 17.7 Å². The third-order valence-electron chi connectivity index (χ3n) is 3.32. The Hall–Kier alpha value is -1.50. The van der Waals surface area contributed by atoms with Crippen molar-refractivity contribution in [1.29, 1.82) is 0 Å². The van der Waals surface area contributed by atoms with Crippen LogP contribution in [-0.2, 0) is 4.74 Å². The molecule has 1 aliphatic rings. The molecule has 1 fully saturated rings. The van der Waals surface area contributed by atoms with Crippen LogP contribution in [0.1, 0.15) is 26.2 Å². The van der Waals surface area contributed by atoms with Crippen molar-refractivity contribution in [2.75, 3.05) is 18.9 Å². The summed E-state index contributed by atoms with van der Waals surface area (Å²) in [5.41, 5.74) is 5.29. The molecular weight excluding hydrogens is 268 g/mol. The number of rotatable bonds is 7. The second kappa shape index (κ2) is 6.78. The van der Waals surface area contributed by atoms with E-state index in [1.807, 2.05) is 0 Å². The maximum absolute atomic E-state index is 13.9. The first-order valence-corrected chi connectivity index (χ1v) is 6.78. The van der Waals surface area contributed by atoms with Crippen LogP contribution in [0.2, 0.25) is 0 Å². The molecule has 1 aromatic heterocycles. The summed E-state index contributed by atoms with van der Waals surface area (Å²) in [4.78, 5) is 7.23. The zero-order chi connectivity index (χ0) is 14.5. The third kappa shape index (κ3) is 3.53. The third-order valence-corrected chi connectivity index (χ3v) is 3.32. The lowest BCUT2D eigenvalue weighted by Crippen LogP contribution is -2.49. The first kappa shape index (κ1) is 14.9. The highest BCUT2D eigenvalue weighted by molar-refractivity contribution is 5.29. The van der Waals surface area contributed by atoms with Crippen LogP contribution in [-0.4, -0.2) is 35.5 Å². The molecule has 0 spiro atoms. The normalized spacial score (nSPS) is 25.2. The summed E-state index contributed by atoms with van der Waals surface area (Å²) < 4.78 is 37.4. The molecule has 5 nitrogen and oxygen atoms in total. The van der Waals surface area contributed by atoms with E-state index in [9.17, 15) is 8.78 Å². The summed E-state index contributed by atoms with van der Waals surface area (Å²) in [6.45, 7) is 3.12. The highest BCUT2D eigenvalue weighted by Gasteiger charge is 2.43. The van der Waals surface area contributed by atoms with Gasteiger partial charge in [0.15, 0.2) is 11.6 Å². The Balaban J connectivity index is 1.75. The van der Waals surface area contributed by atoms with E-state index in [0.29, 0.717) is 19.6 Å². The molecule has 2 rings (SSSR count). The van der Waals surface area contributed by atoms with Crippen molar-refractivity contribution in [2.24, 2.45) is 5.92 Å².